The Hall–Kier alpha value is -0.120. The van der Waals surface area contributed by atoms with Gasteiger partial charge in [0.1, 0.15) is 0 Å². The van der Waals surface area contributed by atoms with E-state index < -0.39 is 0 Å². The Kier molecular flexibility index (Phi) is 2.58. The Bertz CT molecular complexity index is 172. The van der Waals surface area contributed by atoms with E-state index >= 15 is 0 Å². The summed E-state index contributed by atoms with van der Waals surface area (Å²) < 4.78 is 10.9. The van der Waals surface area contributed by atoms with Gasteiger partial charge in [0, 0.05) is 18.0 Å². The Morgan fingerprint density at radius 2 is 2.08 bits per heavy atom. The lowest BCUT2D eigenvalue weighted by Gasteiger charge is -2.51. The lowest BCUT2D eigenvalue weighted by atomic mass is 9.69. The summed E-state index contributed by atoms with van der Waals surface area (Å²) in [4.78, 5) is 0. The molecule has 1 atom stereocenters. The van der Waals surface area contributed by atoms with Crippen molar-refractivity contribution in [2.24, 2.45) is 11.3 Å². The molecule has 0 aromatic rings. The molecule has 0 saturated carbocycles. The molecule has 2 aliphatic heterocycles. The zero-order valence-corrected chi connectivity index (χ0v) is 8.51. The van der Waals surface area contributed by atoms with Gasteiger partial charge in [0.05, 0.1) is 26.4 Å². The first-order chi connectivity index (χ1) is 6.26. The second kappa shape index (κ2) is 3.56. The van der Waals surface area contributed by atoms with Crippen LogP contribution in [0.15, 0.2) is 0 Å². The highest BCUT2D eigenvalue weighted by Crippen LogP contribution is 2.39. The summed E-state index contributed by atoms with van der Waals surface area (Å²) in [6.07, 6.45) is 0. The third-order valence-electron chi connectivity index (χ3n) is 3.51. The van der Waals surface area contributed by atoms with Crippen molar-refractivity contribution in [3.8, 4) is 0 Å². The first kappa shape index (κ1) is 9.44. The molecule has 2 rings (SSSR count). The van der Waals surface area contributed by atoms with Gasteiger partial charge in [-0.3, -0.25) is 0 Å². The SMILES string of the molecule is CC(C)C1(C2COCCN2)COC1. The van der Waals surface area contributed by atoms with Gasteiger partial charge >= 0.3 is 0 Å². The molecule has 0 radical (unpaired) electrons. The van der Waals surface area contributed by atoms with Crippen LogP contribution in [0.25, 0.3) is 0 Å². The highest BCUT2D eigenvalue weighted by molar-refractivity contribution is 4.99. The van der Waals surface area contributed by atoms with Gasteiger partial charge in [-0.1, -0.05) is 13.8 Å². The summed E-state index contributed by atoms with van der Waals surface area (Å²) in [6, 6.07) is 0.495. The topological polar surface area (TPSA) is 30.5 Å². The smallest absolute Gasteiger partial charge is 0.0627 e. The predicted molar refractivity (Wildman–Crippen MR) is 50.7 cm³/mol. The van der Waals surface area contributed by atoms with Gasteiger partial charge in [0.2, 0.25) is 0 Å². The fourth-order valence-corrected chi connectivity index (χ4v) is 2.21. The maximum atomic E-state index is 5.50. The van der Waals surface area contributed by atoms with E-state index in [9.17, 15) is 0 Å². The third-order valence-corrected chi connectivity index (χ3v) is 3.51. The van der Waals surface area contributed by atoms with Gasteiger partial charge in [0.15, 0.2) is 0 Å². The number of hydrogen-bond donors (Lipinski definition) is 1. The lowest BCUT2D eigenvalue weighted by molar-refractivity contribution is -0.173. The monoisotopic (exact) mass is 185 g/mol. The predicted octanol–water partition coefficient (Wildman–Crippen LogP) is 0.647. The molecule has 13 heavy (non-hydrogen) atoms. The van der Waals surface area contributed by atoms with Crippen LogP contribution in [0, 0.1) is 11.3 Å². The second-order valence-corrected chi connectivity index (χ2v) is 4.46. The fourth-order valence-electron chi connectivity index (χ4n) is 2.21. The largest absolute Gasteiger partial charge is 0.380 e. The van der Waals surface area contributed by atoms with Crippen molar-refractivity contribution in [1.82, 2.24) is 5.32 Å². The number of morpholine rings is 1. The fraction of sp³-hybridized carbons (Fsp3) is 1.00. The molecular weight excluding hydrogens is 166 g/mol. The van der Waals surface area contributed by atoms with E-state index in [1.165, 1.54) is 0 Å². The minimum atomic E-state index is 0.334. The Labute approximate surface area is 79.8 Å². The average molecular weight is 185 g/mol. The zero-order valence-electron chi connectivity index (χ0n) is 8.51. The molecule has 1 N–H and O–H groups in total. The van der Waals surface area contributed by atoms with Crippen LogP contribution in [0.3, 0.4) is 0 Å². The van der Waals surface area contributed by atoms with E-state index in [4.69, 9.17) is 9.47 Å². The first-order valence-corrected chi connectivity index (χ1v) is 5.14. The van der Waals surface area contributed by atoms with E-state index in [-0.39, 0.29) is 0 Å². The standard InChI is InChI=1S/C10H19NO2/c1-8(2)10(6-13-7-10)9-5-12-4-3-11-9/h8-9,11H,3-7H2,1-2H3. The summed E-state index contributed by atoms with van der Waals surface area (Å²) in [6.45, 7) is 9.03. The molecular formula is C10H19NO2. The van der Waals surface area contributed by atoms with Gasteiger partial charge in [-0.25, -0.2) is 0 Å². The number of ether oxygens (including phenoxy) is 2. The van der Waals surface area contributed by atoms with Crippen LogP contribution in [0.2, 0.25) is 0 Å². The van der Waals surface area contributed by atoms with Crippen LogP contribution in [-0.2, 0) is 9.47 Å². The Morgan fingerprint density at radius 1 is 1.31 bits per heavy atom. The molecule has 76 valence electrons. The van der Waals surface area contributed by atoms with Crippen molar-refractivity contribution in [2.75, 3.05) is 33.0 Å². The van der Waals surface area contributed by atoms with Gasteiger partial charge in [-0.2, -0.15) is 0 Å². The minimum Gasteiger partial charge on any atom is -0.380 e. The average Bonchev–Trinajstić information content (AvgIpc) is 2.03. The van der Waals surface area contributed by atoms with Crippen molar-refractivity contribution >= 4 is 0 Å². The van der Waals surface area contributed by atoms with Crippen molar-refractivity contribution in [3.63, 3.8) is 0 Å². The van der Waals surface area contributed by atoms with Crippen molar-refractivity contribution < 1.29 is 9.47 Å². The lowest BCUT2D eigenvalue weighted by Crippen LogP contribution is -2.63. The molecule has 0 aromatic heterocycles. The molecule has 1 unspecified atom stereocenters. The summed E-state index contributed by atoms with van der Waals surface area (Å²) >= 11 is 0. The maximum absolute atomic E-state index is 5.50. The highest BCUT2D eigenvalue weighted by Gasteiger charge is 2.48. The second-order valence-electron chi connectivity index (χ2n) is 4.46. The molecule has 2 fully saturated rings. The van der Waals surface area contributed by atoms with Crippen LogP contribution in [0.5, 0.6) is 0 Å². The molecule has 0 aromatic carbocycles. The first-order valence-electron chi connectivity index (χ1n) is 5.14. The Morgan fingerprint density at radius 3 is 2.46 bits per heavy atom. The molecule has 0 aliphatic carbocycles. The quantitative estimate of drug-likeness (QED) is 0.685. The van der Waals surface area contributed by atoms with Crippen LogP contribution < -0.4 is 5.32 Å². The van der Waals surface area contributed by atoms with Crippen LogP contribution in [0.4, 0.5) is 0 Å². The van der Waals surface area contributed by atoms with Crippen molar-refractivity contribution in [1.29, 1.82) is 0 Å². The van der Waals surface area contributed by atoms with Gasteiger partial charge in [-0.05, 0) is 5.92 Å². The molecule has 0 spiro atoms. The number of nitrogens with one attached hydrogen (secondary N) is 1. The number of hydrogen-bond acceptors (Lipinski definition) is 3. The molecule has 2 aliphatic rings. The van der Waals surface area contributed by atoms with Gasteiger partial charge < -0.3 is 14.8 Å². The van der Waals surface area contributed by atoms with Gasteiger partial charge in [0.25, 0.3) is 0 Å². The molecule has 2 saturated heterocycles. The molecule has 3 heteroatoms. The normalized spacial score (nSPS) is 33.0. The summed E-state index contributed by atoms with van der Waals surface area (Å²) in [7, 11) is 0. The molecule has 0 bridgehead atoms. The number of rotatable bonds is 2. The van der Waals surface area contributed by atoms with E-state index in [2.05, 4.69) is 19.2 Å². The third kappa shape index (κ3) is 1.49. The van der Waals surface area contributed by atoms with Crippen LogP contribution in [-0.4, -0.2) is 39.0 Å². The van der Waals surface area contributed by atoms with E-state index in [1.54, 1.807) is 0 Å². The van der Waals surface area contributed by atoms with Gasteiger partial charge in [-0.15, -0.1) is 0 Å². The van der Waals surface area contributed by atoms with E-state index in [0.717, 1.165) is 33.0 Å². The summed E-state index contributed by atoms with van der Waals surface area (Å²) in [5.41, 5.74) is 0.334. The highest BCUT2D eigenvalue weighted by atomic mass is 16.5. The summed E-state index contributed by atoms with van der Waals surface area (Å²) in [5.74, 6) is 0.667. The molecule has 2 heterocycles. The van der Waals surface area contributed by atoms with Crippen molar-refractivity contribution in [2.45, 2.75) is 19.9 Å². The van der Waals surface area contributed by atoms with E-state index in [0.29, 0.717) is 17.4 Å². The maximum Gasteiger partial charge on any atom is 0.0627 e. The van der Waals surface area contributed by atoms with E-state index in [1.807, 2.05) is 0 Å². The minimum absolute atomic E-state index is 0.334. The van der Waals surface area contributed by atoms with Crippen LogP contribution >= 0.6 is 0 Å². The summed E-state index contributed by atoms with van der Waals surface area (Å²) in [5, 5.41) is 3.54. The Balaban J connectivity index is 2.02. The molecule has 0 amide bonds. The zero-order chi connectivity index (χ0) is 9.31. The van der Waals surface area contributed by atoms with Crippen molar-refractivity contribution in [3.05, 3.63) is 0 Å². The molecule has 3 nitrogen and oxygen atoms in total. The van der Waals surface area contributed by atoms with Crippen LogP contribution in [0.1, 0.15) is 13.8 Å².